The smallest absolute Gasteiger partial charge is 0.0197 e. The molecule has 1 aromatic rings. The Morgan fingerprint density at radius 3 is 2.77 bits per heavy atom. The van der Waals surface area contributed by atoms with Gasteiger partial charge >= 0.3 is 0 Å². The van der Waals surface area contributed by atoms with E-state index in [2.05, 4.69) is 67.0 Å². The van der Waals surface area contributed by atoms with Gasteiger partial charge in [-0.15, -0.1) is 18.5 Å². The Hall–Kier alpha value is -0.440. The van der Waals surface area contributed by atoms with Gasteiger partial charge in [-0.05, 0) is 23.1 Å². The van der Waals surface area contributed by atoms with Crippen LogP contribution in [0.5, 0.6) is 0 Å². The molecule has 0 nitrogen and oxygen atoms in total. The largest absolute Gasteiger partial charge is 0.134 e. The van der Waals surface area contributed by atoms with E-state index >= 15 is 0 Å². The minimum Gasteiger partial charge on any atom is -0.134 e. The lowest BCUT2D eigenvalue weighted by atomic mass is 10.2. The van der Waals surface area contributed by atoms with Crippen molar-refractivity contribution >= 4 is 29.9 Å². The molecule has 0 aliphatic carbocycles. The molecule has 2 atom stereocenters. The normalized spacial score (nSPS) is 11.5. The minimum atomic E-state index is 1.01. The van der Waals surface area contributed by atoms with Gasteiger partial charge in [0.1, 0.15) is 0 Å². The van der Waals surface area contributed by atoms with Gasteiger partial charge in [0, 0.05) is 0 Å². The molecule has 0 N–H and O–H groups in total. The summed E-state index contributed by atoms with van der Waals surface area (Å²) in [5.41, 5.74) is 1.24. The second kappa shape index (κ2) is 6.08. The van der Waals surface area contributed by atoms with Gasteiger partial charge in [0.2, 0.25) is 0 Å². The molecular weight excluding hydrogens is 194 g/mol. The van der Waals surface area contributed by atoms with Crippen LogP contribution in [-0.4, -0.2) is 6.16 Å². The topological polar surface area (TPSA) is 0 Å². The van der Waals surface area contributed by atoms with Gasteiger partial charge in [0.25, 0.3) is 0 Å². The predicted octanol–water partition coefficient (Wildman–Crippen LogP) is 2.63. The van der Waals surface area contributed by atoms with Crippen LogP contribution in [0.25, 0.3) is 6.08 Å². The first-order valence-electron chi connectivity index (χ1n) is 4.22. The molecule has 2 unspecified atom stereocenters. The lowest BCUT2D eigenvalue weighted by molar-refractivity contribution is 1.70. The quantitative estimate of drug-likeness (QED) is 0.529. The van der Waals surface area contributed by atoms with Gasteiger partial charge in [0.05, 0.1) is 0 Å². The maximum absolute atomic E-state index is 2.69. The summed E-state index contributed by atoms with van der Waals surface area (Å²) in [4.78, 5) is 0. The third-order valence-corrected chi connectivity index (χ3v) is 2.21. The summed E-state index contributed by atoms with van der Waals surface area (Å²) in [5, 5.41) is 1.22. The predicted molar refractivity (Wildman–Crippen MR) is 68.5 cm³/mol. The van der Waals surface area contributed by atoms with Gasteiger partial charge in [-0.1, -0.05) is 42.5 Å². The summed E-state index contributed by atoms with van der Waals surface area (Å²) in [6.45, 7) is 0. The first kappa shape index (κ1) is 10.6. The fourth-order valence-corrected chi connectivity index (χ4v) is 1.45. The van der Waals surface area contributed by atoms with Crippen molar-refractivity contribution in [1.29, 1.82) is 0 Å². The van der Waals surface area contributed by atoms with Gasteiger partial charge < -0.3 is 0 Å². The second-order valence-electron chi connectivity index (χ2n) is 2.69. The summed E-state index contributed by atoms with van der Waals surface area (Å²) in [6.07, 6.45) is 9.33. The van der Waals surface area contributed by atoms with Crippen LogP contribution in [0.2, 0.25) is 0 Å². The average Bonchev–Trinajstić information content (AvgIpc) is 2.13. The molecule has 0 saturated carbocycles. The van der Waals surface area contributed by atoms with Crippen LogP contribution in [0.4, 0.5) is 0 Å². The highest BCUT2D eigenvalue weighted by atomic mass is 31.0. The Morgan fingerprint density at radius 1 is 1.23 bits per heavy atom. The molecule has 0 aromatic heterocycles. The lowest BCUT2D eigenvalue weighted by Crippen LogP contribution is -1.87. The van der Waals surface area contributed by atoms with Crippen LogP contribution in [0.3, 0.4) is 0 Å². The zero-order chi connectivity index (χ0) is 9.52. The van der Waals surface area contributed by atoms with Gasteiger partial charge in [-0.2, -0.15) is 0 Å². The van der Waals surface area contributed by atoms with E-state index in [0.29, 0.717) is 0 Å². The third-order valence-electron chi connectivity index (χ3n) is 1.58. The molecule has 68 valence electrons. The Balaban J connectivity index is 2.63. The number of hydrogen-bond donors (Lipinski definition) is 0. The highest BCUT2D eigenvalue weighted by Crippen LogP contribution is 2.01. The Labute approximate surface area is 84.5 Å². The molecule has 0 amide bonds. The maximum Gasteiger partial charge on any atom is -0.0197 e. The van der Waals surface area contributed by atoms with Crippen molar-refractivity contribution in [3.63, 3.8) is 0 Å². The van der Waals surface area contributed by atoms with Crippen LogP contribution in [0, 0.1) is 0 Å². The van der Waals surface area contributed by atoms with Crippen molar-refractivity contribution in [3.8, 4) is 0 Å². The van der Waals surface area contributed by atoms with Crippen molar-refractivity contribution in [1.82, 2.24) is 0 Å². The van der Waals surface area contributed by atoms with Gasteiger partial charge in [0.15, 0.2) is 0 Å². The number of hydrogen-bond acceptors (Lipinski definition) is 0. The monoisotopic (exact) mass is 208 g/mol. The molecule has 2 heteroatoms. The molecule has 0 radical (unpaired) electrons. The zero-order valence-electron chi connectivity index (χ0n) is 7.48. The Kier molecular flexibility index (Phi) is 4.98. The maximum atomic E-state index is 2.69. The van der Waals surface area contributed by atoms with Crippen LogP contribution >= 0.6 is 18.5 Å². The summed E-state index contributed by atoms with van der Waals surface area (Å²) >= 11 is 0. The van der Waals surface area contributed by atoms with Crippen molar-refractivity contribution in [2.45, 2.75) is 0 Å². The zero-order valence-corrected chi connectivity index (χ0v) is 9.79. The van der Waals surface area contributed by atoms with Crippen LogP contribution in [-0.2, 0) is 0 Å². The number of rotatable bonds is 3. The second-order valence-corrected chi connectivity index (χ2v) is 3.83. The SMILES string of the molecule is PC/C=C/C=C\c1cccc(P)c1. The number of allylic oxidation sites excluding steroid dienone is 3. The Bertz CT molecular complexity index is 314. The molecular formula is C11H14P2. The molecule has 0 heterocycles. The molecule has 0 saturated heterocycles. The van der Waals surface area contributed by atoms with E-state index in [1.165, 1.54) is 10.9 Å². The van der Waals surface area contributed by atoms with E-state index < -0.39 is 0 Å². The average molecular weight is 208 g/mol. The van der Waals surface area contributed by atoms with Gasteiger partial charge in [-0.25, -0.2) is 0 Å². The van der Waals surface area contributed by atoms with Crippen LogP contribution in [0.1, 0.15) is 5.56 Å². The van der Waals surface area contributed by atoms with Crippen molar-refractivity contribution < 1.29 is 0 Å². The van der Waals surface area contributed by atoms with E-state index in [4.69, 9.17) is 0 Å². The first-order valence-corrected chi connectivity index (χ1v) is 5.61. The van der Waals surface area contributed by atoms with E-state index in [9.17, 15) is 0 Å². The van der Waals surface area contributed by atoms with E-state index in [-0.39, 0.29) is 0 Å². The van der Waals surface area contributed by atoms with Crippen LogP contribution in [0.15, 0.2) is 42.5 Å². The summed E-state index contributed by atoms with van der Waals surface area (Å²) in [5.74, 6) is 0. The molecule has 13 heavy (non-hydrogen) atoms. The number of benzene rings is 1. The fraction of sp³-hybridized carbons (Fsp3) is 0.0909. The fourth-order valence-electron chi connectivity index (χ4n) is 0.986. The molecule has 1 aromatic carbocycles. The molecule has 0 aliphatic heterocycles. The third kappa shape index (κ3) is 4.36. The summed E-state index contributed by atoms with van der Waals surface area (Å²) in [6, 6.07) is 8.36. The van der Waals surface area contributed by atoms with Crippen molar-refractivity contribution in [2.75, 3.05) is 6.16 Å². The molecule has 0 fully saturated rings. The van der Waals surface area contributed by atoms with E-state index in [1.54, 1.807) is 0 Å². The van der Waals surface area contributed by atoms with Crippen molar-refractivity contribution in [3.05, 3.63) is 48.1 Å². The molecule has 0 aliphatic rings. The molecule has 1 rings (SSSR count). The minimum absolute atomic E-state index is 1.01. The highest BCUT2D eigenvalue weighted by Gasteiger charge is 1.85. The van der Waals surface area contributed by atoms with E-state index in [0.717, 1.165) is 6.16 Å². The summed E-state index contributed by atoms with van der Waals surface area (Å²) < 4.78 is 0. The lowest BCUT2D eigenvalue weighted by Gasteiger charge is -1.93. The Morgan fingerprint density at radius 2 is 2.08 bits per heavy atom. The van der Waals surface area contributed by atoms with Crippen LogP contribution < -0.4 is 5.30 Å². The first-order chi connectivity index (χ1) is 6.33. The highest BCUT2D eigenvalue weighted by molar-refractivity contribution is 7.27. The standard InChI is InChI=1S/C11H14P2/c12-8-3-1-2-5-10-6-4-7-11(13)9-10/h1-7,9H,8,12-13H2/b3-1+,5-2-. The molecule has 0 spiro atoms. The van der Waals surface area contributed by atoms with E-state index in [1.807, 2.05) is 0 Å². The molecule has 0 bridgehead atoms. The van der Waals surface area contributed by atoms with Gasteiger partial charge in [-0.3, -0.25) is 0 Å². The summed E-state index contributed by atoms with van der Waals surface area (Å²) in [7, 11) is 5.36. The van der Waals surface area contributed by atoms with Crippen molar-refractivity contribution in [2.24, 2.45) is 0 Å².